The fraction of sp³-hybridized carbons (Fsp3) is 0.214. The van der Waals surface area contributed by atoms with Crippen LogP contribution in [0.25, 0.3) is 0 Å². The average Bonchev–Trinajstić information content (AvgIpc) is 2.92. The summed E-state index contributed by atoms with van der Waals surface area (Å²) in [5.74, 6) is -0.449. The molecule has 2 aromatic rings. The maximum Gasteiger partial charge on any atom is 0.355 e. The average molecular weight is 304 g/mol. The lowest BCUT2D eigenvalue weighted by Crippen LogP contribution is -2.35. The first-order chi connectivity index (χ1) is 10.0. The molecule has 1 N–H and O–H groups in total. The van der Waals surface area contributed by atoms with Gasteiger partial charge in [-0.25, -0.2) is 9.78 Å². The third-order valence-corrected chi connectivity index (χ3v) is 4.08. The van der Waals surface area contributed by atoms with Gasteiger partial charge in [-0.05, 0) is 17.7 Å². The normalized spacial score (nSPS) is 13.8. The number of nitrogens with zero attached hydrogens (tertiary/aromatic N) is 2. The van der Waals surface area contributed by atoms with Crippen molar-refractivity contribution in [1.29, 1.82) is 0 Å². The van der Waals surface area contributed by atoms with Crippen molar-refractivity contribution < 1.29 is 19.4 Å². The Kier molecular flexibility index (Phi) is 3.34. The summed E-state index contributed by atoms with van der Waals surface area (Å²) >= 11 is 1.31. The molecule has 0 bridgehead atoms. The van der Waals surface area contributed by atoms with Gasteiger partial charge >= 0.3 is 5.97 Å². The van der Waals surface area contributed by atoms with E-state index in [1.165, 1.54) is 16.7 Å². The first-order valence-electron chi connectivity index (χ1n) is 6.24. The maximum atomic E-state index is 11.6. The van der Waals surface area contributed by atoms with Gasteiger partial charge in [0.15, 0.2) is 12.3 Å². The largest absolute Gasteiger partial charge is 0.482 e. The van der Waals surface area contributed by atoms with Crippen LogP contribution in [0.4, 0.5) is 5.69 Å². The molecule has 0 unspecified atom stereocenters. The van der Waals surface area contributed by atoms with Gasteiger partial charge in [-0.2, -0.15) is 0 Å². The molecule has 108 valence electrons. The zero-order valence-electron chi connectivity index (χ0n) is 11.2. The van der Waals surface area contributed by atoms with E-state index in [-0.39, 0.29) is 18.2 Å². The van der Waals surface area contributed by atoms with Gasteiger partial charge in [-0.15, -0.1) is 11.3 Å². The van der Waals surface area contributed by atoms with E-state index in [9.17, 15) is 9.59 Å². The summed E-state index contributed by atoms with van der Waals surface area (Å²) in [6, 6.07) is 5.58. The molecule has 7 heteroatoms. The summed E-state index contributed by atoms with van der Waals surface area (Å²) in [5.41, 5.74) is 1.73. The summed E-state index contributed by atoms with van der Waals surface area (Å²) < 4.78 is 5.36. The number of aromatic carboxylic acids is 1. The number of carboxylic acid groups (broad SMARTS) is 1. The minimum Gasteiger partial charge on any atom is -0.482 e. The smallest absolute Gasteiger partial charge is 0.355 e. The van der Waals surface area contributed by atoms with Crippen molar-refractivity contribution in [2.24, 2.45) is 0 Å². The van der Waals surface area contributed by atoms with Crippen LogP contribution in [0.15, 0.2) is 23.6 Å². The van der Waals surface area contributed by atoms with E-state index < -0.39 is 5.97 Å². The molecular weight excluding hydrogens is 292 g/mol. The van der Waals surface area contributed by atoms with Gasteiger partial charge in [-0.1, -0.05) is 6.07 Å². The minimum atomic E-state index is -1.03. The lowest BCUT2D eigenvalue weighted by molar-refractivity contribution is -0.120. The van der Waals surface area contributed by atoms with E-state index in [4.69, 9.17) is 9.84 Å². The van der Waals surface area contributed by atoms with Gasteiger partial charge in [0.2, 0.25) is 0 Å². The van der Waals surface area contributed by atoms with Crippen LogP contribution in [-0.4, -0.2) is 35.6 Å². The number of hydrogen-bond donors (Lipinski definition) is 1. The summed E-state index contributed by atoms with van der Waals surface area (Å²) in [7, 11) is 1.71. The number of benzene rings is 1. The van der Waals surface area contributed by atoms with Crippen molar-refractivity contribution in [3.8, 4) is 5.75 Å². The molecule has 0 fully saturated rings. The Morgan fingerprint density at radius 1 is 1.52 bits per heavy atom. The first kappa shape index (κ1) is 13.6. The number of carboxylic acids is 1. The van der Waals surface area contributed by atoms with E-state index in [1.54, 1.807) is 11.9 Å². The van der Waals surface area contributed by atoms with E-state index in [0.717, 1.165) is 16.3 Å². The molecule has 3 rings (SSSR count). The fourth-order valence-electron chi connectivity index (χ4n) is 2.09. The Labute approximate surface area is 124 Å². The van der Waals surface area contributed by atoms with E-state index in [0.29, 0.717) is 12.2 Å². The van der Waals surface area contributed by atoms with Crippen LogP contribution in [-0.2, 0) is 11.2 Å². The van der Waals surface area contributed by atoms with Crippen LogP contribution in [0.2, 0.25) is 0 Å². The Morgan fingerprint density at radius 2 is 2.33 bits per heavy atom. The topological polar surface area (TPSA) is 79.7 Å². The van der Waals surface area contributed by atoms with Gasteiger partial charge in [-0.3, -0.25) is 4.79 Å². The number of thiazole rings is 1. The SMILES string of the molecule is CN1C(=O)COc2ccc(Cc3nc(C(=O)O)cs3)cc21. The van der Waals surface area contributed by atoms with Gasteiger partial charge in [0, 0.05) is 18.8 Å². The van der Waals surface area contributed by atoms with Crippen molar-refractivity contribution in [3.05, 3.63) is 39.8 Å². The van der Waals surface area contributed by atoms with E-state index >= 15 is 0 Å². The molecule has 0 atom stereocenters. The molecule has 21 heavy (non-hydrogen) atoms. The predicted octanol–water partition coefficient (Wildman–Crippen LogP) is 1.79. The third kappa shape index (κ3) is 2.59. The molecule has 1 amide bonds. The molecule has 0 saturated carbocycles. The Hall–Kier alpha value is -2.41. The molecule has 6 nitrogen and oxygen atoms in total. The molecule has 0 aliphatic carbocycles. The molecule has 0 saturated heterocycles. The molecule has 1 aromatic heterocycles. The number of hydrogen-bond acceptors (Lipinski definition) is 5. The van der Waals surface area contributed by atoms with Crippen LogP contribution in [0.1, 0.15) is 21.1 Å². The van der Waals surface area contributed by atoms with Crippen LogP contribution in [0.3, 0.4) is 0 Å². The highest BCUT2D eigenvalue weighted by molar-refractivity contribution is 7.09. The zero-order valence-corrected chi connectivity index (χ0v) is 12.0. The van der Waals surface area contributed by atoms with Crippen LogP contribution < -0.4 is 9.64 Å². The number of carbonyl (C=O) groups excluding carboxylic acids is 1. The highest BCUT2D eigenvalue weighted by Crippen LogP contribution is 2.32. The van der Waals surface area contributed by atoms with Gasteiger partial charge in [0.25, 0.3) is 5.91 Å². The number of carbonyl (C=O) groups is 2. The Morgan fingerprint density at radius 3 is 3.05 bits per heavy atom. The second-order valence-electron chi connectivity index (χ2n) is 4.65. The molecular formula is C14H12N2O4S. The standard InChI is InChI=1S/C14H12N2O4S/c1-16-10-4-8(2-3-11(10)20-6-13(16)17)5-12-15-9(7-21-12)14(18)19/h2-4,7H,5-6H2,1H3,(H,18,19). The summed E-state index contributed by atoms with van der Waals surface area (Å²) in [5, 5.41) is 11.1. The number of amides is 1. The lowest BCUT2D eigenvalue weighted by Gasteiger charge is -2.26. The number of rotatable bonds is 3. The molecule has 0 radical (unpaired) electrons. The summed E-state index contributed by atoms with van der Waals surface area (Å²) in [4.78, 5) is 28.1. The van der Waals surface area contributed by atoms with Crippen LogP contribution in [0.5, 0.6) is 5.75 Å². The zero-order chi connectivity index (χ0) is 15.0. The van der Waals surface area contributed by atoms with Crippen molar-refractivity contribution in [3.63, 3.8) is 0 Å². The van der Waals surface area contributed by atoms with Crippen molar-refractivity contribution >= 4 is 28.9 Å². The number of likely N-dealkylation sites (N-methyl/N-ethyl adjacent to an activating group) is 1. The highest BCUT2D eigenvalue weighted by atomic mass is 32.1. The van der Waals surface area contributed by atoms with Crippen molar-refractivity contribution in [2.75, 3.05) is 18.6 Å². The monoisotopic (exact) mass is 304 g/mol. The second-order valence-corrected chi connectivity index (χ2v) is 5.59. The van der Waals surface area contributed by atoms with E-state index in [2.05, 4.69) is 4.98 Å². The van der Waals surface area contributed by atoms with Gasteiger partial charge in [0.1, 0.15) is 5.75 Å². The number of anilines is 1. The van der Waals surface area contributed by atoms with Crippen LogP contribution >= 0.6 is 11.3 Å². The number of ether oxygens (including phenoxy) is 1. The van der Waals surface area contributed by atoms with Gasteiger partial charge in [0.05, 0.1) is 10.7 Å². The minimum absolute atomic E-state index is 0.0529. The Balaban J connectivity index is 1.86. The summed E-state index contributed by atoms with van der Waals surface area (Å²) in [6.45, 7) is 0.0529. The maximum absolute atomic E-state index is 11.6. The Bertz CT molecular complexity index is 726. The summed E-state index contributed by atoms with van der Waals surface area (Å²) in [6.07, 6.45) is 0.521. The third-order valence-electron chi connectivity index (χ3n) is 3.24. The molecule has 1 aromatic carbocycles. The van der Waals surface area contributed by atoms with Crippen LogP contribution in [0, 0.1) is 0 Å². The van der Waals surface area contributed by atoms with Crippen molar-refractivity contribution in [1.82, 2.24) is 4.98 Å². The number of aromatic nitrogens is 1. The fourth-order valence-corrected chi connectivity index (χ4v) is 2.89. The van der Waals surface area contributed by atoms with E-state index in [1.807, 2.05) is 18.2 Å². The number of fused-ring (bicyclic) bond motifs is 1. The molecule has 2 heterocycles. The lowest BCUT2D eigenvalue weighted by atomic mass is 10.1. The molecule has 1 aliphatic heterocycles. The highest BCUT2D eigenvalue weighted by Gasteiger charge is 2.22. The predicted molar refractivity (Wildman–Crippen MR) is 77.2 cm³/mol. The first-order valence-corrected chi connectivity index (χ1v) is 7.12. The van der Waals surface area contributed by atoms with Gasteiger partial charge < -0.3 is 14.7 Å². The molecule has 1 aliphatic rings. The van der Waals surface area contributed by atoms with Crippen molar-refractivity contribution in [2.45, 2.75) is 6.42 Å². The second kappa shape index (κ2) is 5.17. The quantitative estimate of drug-likeness (QED) is 0.935. The molecule has 0 spiro atoms.